The van der Waals surface area contributed by atoms with Crippen molar-refractivity contribution < 1.29 is 4.79 Å². The molecule has 0 radical (unpaired) electrons. The Morgan fingerprint density at radius 2 is 1.93 bits per heavy atom. The zero-order valence-electron chi connectivity index (χ0n) is 7.89. The summed E-state index contributed by atoms with van der Waals surface area (Å²) in [5.74, 6) is 0.131. The summed E-state index contributed by atoms with van der Waals surface area (Å²) in [6, 6.07) is 0. The fourth-order valence-corrected chi connectivity index (χ4v) is 1.47. The maximum absolute atomic E-state index is 11.7. The molecule has 14 heavy (non-hydrogen) atoms. The van der Waals surface area contributed by atoms with E-state index in [-0.39, 0.29) is 5.91 Å². The molecule has 1 fully saturated rings. The van der Waals surface area contributed by atoms with Gasteiger partial charge in [0.15, 0.2) is 0 Å². The summed E-state index contributed by atoms with van der Waals surface area (Å²) < 4.78 is 1.68. The molecule has 6 heteroatoms. The van der Waals surface area contributed by atoms with E-state index >= 15 is 0 Å². The Kier molecular flexibility index (Phi) is 2.73. The van der Waals surface area contributed by atoms with Gasteiger partial charge in [-0.25, -0.2) is 0 Å². The molecule has 1 N–H and O–H groups in total. The number of piperazine rings is 1. The number of aromatic nitrogens is 3. The molecule has 0 saturated carbocycles. The van der Waals surface area contributed by atoms with Crippen LogP contribution in [0.3, 0.4) is 0 Å². The lowest BCUT2D eigenvalue weighted by atomic mass is 10.3. The number of hydrogen-bond donors (Lipinski definition) is 1. The fourth-order valence-electron chi connectivity index (χ4n) is 1.47. The minimum atomic E-state index is 0.131. The monoisotopic (exact) mass is 195 g/mol. The van der Waals surface area contributed by atoms with Crippen molar-refractivity contribution in [3.05, 3.63) is 12.7 Å². The maximum Gasteiger partial charge on any atom is 0.242 e. The van der Waals surface area contributed by atoms with Gasteiger partial charge in [-0.1, -0.05) is 0 Å². The molecule has 1 aromatic rings. The Hall–Kier alpha value is -1.43. The average molecular weight is 195 g/mol. The van der Waals surface area contributed by atoms with Gasteiger partial charge in [-0.05, 0) is 0 Å². The molecule has 1 aliphatic heterocycles. The molecule has 2 heterocycles. The first-order chi connectivity index (χ1) is 6.86. The summed E-state index contributed by atoms with van der Waals surface area (Å²) in [7, 11) is 0. The first-order valence-corrected chi connectivity index (χ1v) is 4.67. The topological polar surface area (TPSA) is 63.1 Å². The van der Waals surface area contributed by atoms with Crippen LogP contribution in [0.4, 0.5) is 0 Å². The van der Waals surface area contributed by atoms with E-state index in [9.17, 15) is 4.79 Å². The molecule has 1 aromatic heterocycles. The van der Waals surface area contributed by atoms with E-state index in [1.165, 1.54) is 0 Å². The summed E-state index contributed by atoms with van der Waals surface area (Å²) in [6.45, 7) is 3.69. The zero-order valence-corrected chi connectivity index (χ0v) is 7.89. The molecule has 0 unspecified atom stereocenters. The van der Waals surface area contributed by atoms with Crippen molar-refractivity contribution in [2.75, 3.05) is 26.2 Å². The van der Waals surface area contributed by atoms with Crippen molar-refractivity contribution >= 4 is 5.91 Å². The average Bonchev–Trinajstić information content (AvgIpc) is 2.72. The third kappa shape index (κ3) is 2.08. The minimum absolute atomic E-state index is 0.131. The molecule has 1 aliphatic rings. The Morgan fingerprint density at radius 1 is 1.29 bits per heavy atom. The normalized spacial score (nSPS) is 17.0. The van der Waals surface area contributed by atoms with Crippen LogP contribution in [0, 0.1) is 0 Å². The number of nitrogens with zero attached hydrogens (tertiary/aromatic N) is 4. The van der Waals surface area contributed by atoms with E-state index in [1.54, 1.807) is 17.2 Å². The Morgan fingerprint density at radius 3 is 2.57 bits per heavy atom. The maximum atomic E-state index is 11.7. The van der Waals surface area contributed by atoms with Gasteiger partial charge in [0.05, 0.1) is 0 Å². The third-order valence-electron chi connectivity index (χ3n) is 2.25. The highest BCUT2D eigenvalue weighted by atomic mass is 16.2. The Bertz CT molecular complexity index is 291. The van der Waals surface area contributed by atoms with Crippen LogP contribution in [-0.2, 0) is 11.3 Å². The molecule has 1 amide bonds. The number of nitrogens with one attached hydrogen (secondary N) is 1. The van der Waals surface area contributed by atoms with Gasteiger partial charge in [-0.3, -0.25) is 4.79 Å². The van der Waals surface area contributed by atoms with Crippen LogP contribution in [0.2, 0.25) is 0 Å². The molecule has 2 rings (SSSR count). The fraction of sp³-hybridized carbons (Fsp3) is 0.625. The second-order valence-corrected chi connectivity index (χ2v) is 3.27. The predicted octanol–water partition coefficient (Wildman–Crippen LogP) is -1.29. The number of carbonyl (C=O) groups excluding carboxylic acids is 1. The first-order valence-electron chi connectivity index (χ1n) is 4.67. The SMILES string of the molecule is O=C(Cn1cnnc1)N1CCNCC1. The van der Waals surface area contributed by atoms with E-state index in [4.69, 9.17) is 0 Å². The lowest BCUT2D eigenvalue weighted by Crippen LogP contribution is -2.47. The molecule has 1 saturated heterocycles. The molecule has 0 spiro atoms. The van der Waals surface area contributed by atoms with Gasteiger partial charge in [0, 0.05) is 26.2 Å². The second-order valence-electron chi connectivity index (χ2n) is 3.27. The van der Waals surface area contributed by atoms with Crippen LogP contribution in [0.25, 0.3) is 0 Å². The van der Waals surface area contributed by atoms with Gasteiger partial charge in [0.1, 0.15) is 19.2 Å². The molecule has 76 valence electrons. The molecule has 0 aromatic carbocycles. The van der Waals surface area contributed by atoms with Crippen LogP contribution >= 0.6 is 0 Å². The first kappa shape index (κ1) is 9.14. The minimum Gasteiger partial charge on any atom is -0.339 e. The van der Waals surface area contributed by atoms with Crippen molar-refractivity contribution in [1.29, 1.82) is 0 Å². The van der Waals surface area contributed by atoms with E-state index in [0.29, 0.717) is 6.54 Å². The van der Waals surface area contributed by atoms with Crippen molar-refractivity contribution in [1.82, 2.24) is 25.0 Å². The lowest BCUT2D eigenvalue weighted by molar-refractivity contribution is -0.132. The van der Waals surface area contributed by atoms with Crippen LogP contribution in [0.1, 0.15) is 0 Å². The Labute approximate surface area is 81.9 Å². The number of carbonyl (C=O) groups is 1. The highest BCUT2D eigenvalue weighted by Crippen LogP contribution is 1.95. The standard InChI is InChI=1S/C8H13N5O/c14-8(5-12-6-10-11-7-12)13-3-1-9-2-4-13/h6-7,9H,1-5H2. The van der Waals surface area contributed by atoms with Crippen LogP contribution < -0.4 is 5.32 Å². The van der Waals surface area contributed by atoms with Gasteiger partial charge >= 0.3 is 0 Å². The highest BCUT2D eigenvalue weighted by Gasteiger charge is 2.15. The molecular formula is C8H13N5O. The van der Waals surface area contributed by atoms with Gasteiger partial charge in [0.25, 0.3) is 0 Å². The number of hydrogen-bond acceptors (Lipinski definition) is 4. The molecular weight excluding hydrogens is 182 g/mol. The van der Waals surface area contributed by atoms with E-state index < -0.39 is 0 Å². The van der Waals surface area contributed by atoms with Gasteiger partial charge < -0.3 is 14.8 Å². The largest absolute Gasteiger partial charge is 0.339 e. The molecule has 0 aliphatic carbocycles. The summed E-state index contributed by atoms with van der Waals surface area (Å²) >= 11 is 0. The number of amides is 1. The van der Waals surface area contributed by atoms with Crippen molar-refractivity contribution in [3.8, 4) is 0 Å². The summed E-state index contributed by atoms with van der Waals surface area (Å²) in [4.78, 5) is 13.5. The van der Waals surface area contributed by atoms with E-state index in [0.717, 1.165) is 26.2 Å². The van der Waals surface area contributed by atoms with Crippen LogP contribution in [0.5, 0.6) is 0 Å². The number of rotatable bonds is 2. The zero-order chi connectivity index (χ0) is 9.80. The molecule has 0 atom stereocenters. The van der Waals surface area contributed by atoms with Crippen molar-refractivity contribution in [2.45, 2.75) is 6.54 Å². The molecule has 6 nitrogen and oxygen atoms in total. The van der Waals surface area contributed by atoms with Gasteiger partial charge in [-0.2, -0.15) is 0 Å². The smallest absolute Gasteiger partial charge is 0.242 e. The van der Waals surface area contributed by atoms with Crippen molar-refractivity contribution in [3.63, 3.8) is 0 Å². The van der Waals surface area contributed by atoms with Crippen LogP contribution in [-0.4, -0.2) is 51.8 Å². The third-order valence-corrected chi connectivity index (χ3v) is 2.25. The van der Waals surface area contributed by atoms with Gasteiger partial charge in [0.2, 0.25) is 5.91 Å². The summed E-state index contributed by atoms with van der Waals surface area (Å²) in [6.07, 6.45) is 3.11. The van der Waals surface area contributed by atoms with E-state index in [2.05, 4.69) is 15.5 Å². The lowest BCUT2D eigenvalue weighted by Gasteiger charge is -2.27. The van der Waals surface area contributed by atoms with Crippen LogP contribution in [0.15, 0.2) is 12.7 Å². The van der Waals surface area contributed by atoms with E-state index in [1.807, 2.05) is 4.90 Å². The Balaban J connectivity index is 1.88. The van der Waals surface area contributed by atoms with Gasteiger partial charge in [-0.15, -0.1) is 10.2 Å². The predicted molar refractivity (Wildman–Crippen MR) is 49.5 cm³/mol. The second kappa shape index (κ2) is 4.19. The van der Waals surface area contributed by atoms with Crippen molar-refractivity contribution in [2.24, 2.45) is 0 Å². The molecule has 0 bridgehead atoms. The summed E-state index contributed by atoms with van der Waals surface area (Å²) in [5.41, 5.74) is 0. The summed E-state index contributed by atoms with van der Waals surface area (Å²) in [5, 5.41) is 10.5. The highest BCUT2D eigenvalue weighted by molar-refractivity contribution is 5.76. The quantitative estimate of drug-likeness (QED) is 0.638.